The Kier molecular flexibility index (Phi) is 8.70. The van der Waals surface area contributed by atoms with Gasteiger partial charge >= 0.3 is 0 Å². The zero-order valence-corrected chi connectivity index (χ0v) is 18.3. The van der Waals surface area contributed by atoms with Crippen molar-refractivity contribution in [1.82, 2.24) is 15.5 Å². The number of hydrogen-bond acceptors (Lipinski definition) is 5. The maximum absolute atomic E-state index is 5.40. The number of likely N-dealkylation sites (N-methyl/N-ethyl adjacent to an activating group) is 1. The molecule has 0 radical (unpaired) electrons. The predicted octanol–water partition coefficient (Wildman–Crippen LogP) is 2.18. The maximum Gasteiger partial charge on any atom is 0.191 e. The van der Waals surface area contributed by atoms with Crippen molar-refractivity contribution >= 4 is 11.6 Å². The van der Waals surface area contributed by atoms with E-state index in [4.69, 9.17) is 9.47 Å². The van der Waals surface area contributed by atoms with Gasteiger partial charge in [0.1, 0.15) is 11.5 Å². The van der Waals surface area contributed by atoms with Gasteiger partial charge in [-0.3, -0.25) is 9.89 Å². The number of nitrogens with one attached hydrogen (secondary N) is 2. The van der Waals surface area contributed by atoms with E-state index < -0.39 is 0 Å². The van der Waals surface area contributed by atoms with E-state index in [2.05, 4.69) is 58.3 Å². The number of hydrogen-bond donors (Lipinski definition) is 2. The van der Waals surface area contributed by atoms with Crippen molar-refractivity contribution in [2.24, 2.45) is 4.99 Å². The first-order valence-electron chi connectivity index (χ1n) is 10.2. The quantitative estimate of drug-likeness (QED) is 0.497. The minimum Gasteiger partial charge on any atom is -0.497 e. The Hall–Kier alpha value is -2.15. The number of aliphatic imine (C=N–C) groups is 1. The van der Waals surface area contributed by atoms with Crippen LogP contribution >= 0.6 is 0 Å². The van der Waals surface area contributed by atoms with Crippen LogP contribution in [-0.2, 0) is 0 Å². The molecule has 7 heteroatoms. The number of nitrogens with zero attached hydrogens (tertiary/aromatic N) is 3. The van der Waals surface area contributed by atoms with Gasteiger partial charge in [0.25, 0.3) is 0 Å². The molecule has 1 saturated heterocycles. The monoisotopic (exact) mass is 391 g/mol. The van der Waals surface area contributed by atoms with Gasteiger partial charge in [0.15, 0.2) is 5.96 Å². The number of rotatable bonds is 9. The second-order valence-electron chi connectivity index (χ2n) is 7.37. The van der Waals surface area contributed by atoms with Crippen LogP contribution in [0.2, 0.25) is 0 Å². The minimum absolute atomic E-state index is 0.357. The molecule has 1 fully saturated rings. The lowest BCUT2D eigenvalue weighted by Crippen LogP contribution is -2.47. The third kappa shape index (κ3) is 6.19. The highest BCUT2D eigenvalue weighted by molar-refractivity contribution is 5.80. The number of anilines is 1. The van der Waals surface area contributed by atoms with E-state index in [1.54, 1.807) is 14.2 Å². The molecule has 1 heterocycles. The van der Waals surface area contributed by atoms with Gasteiger partial charge in [-0.1, -0.05) is 6.92 Å². The summed E-state index contributed by atoms with van der Waals surface area (Å²) in [6.45, 7) is 11.5. The van der Waals surface area contributed by atoms with Crippen LogP contribution in [0.4, 0.5) is 5.69 Å². The first-order valence-corrected chi connectivity index (χ1v) is 10.2. The largest absolute Gasteiger partial charge is 0.497 e. The van der Waals surface area contributed by atoms with Crippen molar-refractivity contribution in [1.29, 1.82) is 0 Å². The Morgan fingerprint density at radius 2 is 1.93 bits per heavy atom. The minimum atomic E-state index is 0.357. The summed E-state index contributed by atoms with van der Waals surface area (Å²) in [7, 11) is 5.19. The van der Waals surface area contributed by atoms with Gasteiger partial charge in [0.05, 0.1) is 14.2 Å². The zero-order valence-electron chi connectivity index (χ0n) is 18.3. The van der Waals surface area contributed by atoms with Crippen molar-refractivity contribution < 1.29 is 9.47 Å². The zero-order chi connectivity index (χ0) is 20.5. The second-order valence-corrected chi connectivity index (χ2v) is 7.37. The molecule has 0 aromatic heterocycles. The normalized spacial score (nSPS) is 17.4. The molecule has 0 spiro atoms. The Balaban J connectivity index is 1.87. The average molecular weight is 392 g/mol. The molecule has 1 unspecified atom stereocenters. The molecule has 2 N–H and O–H groups in total. The van der Waals surface area contributed by atoms with Crippen LogP contribution in [0.3, 0.4) is 0 Å². The van der Waals surface area contributed by atoms with Crippen molar-refractivity contribution in [2.75, 3.05) is 58.9 Å². The van der Waals surface area contributed by atoms with E-state index >= 15 is 0 Å². The lowest BCUT2D eigenvalue weighted by Gasteiger charge is -2.25. The molecule has 1 aliphatic rings. The molecule has 158 valence electrons. The number of methoxy groups -OCH3 is 2. The van der Waals surface area contributed by atoms with Gasteiger partial charge in [-0.25, -0.2) is 0 Å². The van der Waals surface area contributed by atoms with Crippen molar-refractivity contribution in [3.63, 3.8) is 0 Å². The van der Waals surface area contributed by atoms with Gasteiger partial charge in [0, 0.05) is 69.2 Å². The van der Waals surface area contributed by atoms with E-state index in [-0.39, 0.29) is 0 Å². The molecule has 1 aromatic rings. The molecular weight excluding hydrogens is 354 g/mol. The highest BCUT2D eigenvalue weighted by atomic mass is 16.5. The summed E-state index contributed by atoms with van der Waals surface area (Å²) in [6.07, 6.45) is 1.06. The molecule has 0 aliphatic carbocycles. The van der Waals surface area contributed by atoms with Gasteiger partial charge in [0.2, 0.25) is 0 Å². The first kappa shape index (κ1) is 22.1. The summed E-state index contributed by atoms with van der Waals surface area (Å²) in [5.74, 6) is 2.50. The van der Waals surface area contributed by atoms with E-state index in [9.17, 15) is 0 Å². The van der Waals surface area contributed by atoms with Gasteiger partial charge in [-0.05, 0) is 26.8 Å². The van der Waals surface area contributed by atoms with Crippen LogP contribution < -0.4 is 25.0 Å². The van der Waals surface area contributed by atoms with Crippen molar-refractivity contribution in [2.45, 2.75) is 39.3 Å². The van der Waals surface area contributed by atoms with Crippen LogP contribution in [0.15, 0.2) is 23.2 Å². The highest BCUT2D eigenvalue weighted by Crippen LogP contribution is 2.30. The highest BCUT2D eigenvalue weighted by Gasteiger charge is 2.24. The SMILES string of the molecule is CCN(CCNC(=NC)NC1CCN(c2cc(OC)cc(OC)c2)C1)C(C)C. The summed E-state index contributed by atoms with van der Waals surface area (Å²) < 4.78 is 10.8. The third-order valence-corrected chi connectivity index (χ3v) is 5.28. The summed E-state index contributed by atoms with van der Waals surface area (Å²) in [4.78, 5) is 9.18. The average Bonchev–Trinajstić information content (AvgIpc) is 3.18. The van der Waals surface area contributed by atoms with Crippen LogP contribution in [0.25, 0.3) is 0 Å². The maximum atomic E-state index is 5.40. The smallest absolute Gasteiger partial charge is 0.191 e. The molecule has 1 aliphatic heterocycles. The molecule has 0 amide bonds. The summed E-state index contributed by atoms with van der Waals surface area (Å²) in [5, 5.41) is 7.01. The van der Waals surface area contributed by atoms with Crippen LogP contribution in [0, 0.1) is 0 Å². The first-order chi connectivity index (χ1) is 13.5. The van der Waals surface area contributed by atoms with Crippen LogP contribution in [-0.4, -0.2) is 76.9 Å². The fourth-order valence-electron chi connectivity index (χ4n) is 3.57. The third-order valence-electron chi connectivity index (χ3n) is 5.28. The summed E-state index contributed by atoms with van der Waals surface area (Å²) >= 11 is 0. The standard InChI is InChI=1S/C21H37N5O2/c1-7-25(16(2)3)11-9-23-21(22-4)24-17-8-10-26(15-17)18-12-19(27-5)14-20(13-18)28-6/h12-14,16-17H,7-11,15H2,1-6H3,(H2,22,23,24). The van der Waals surface area contributed by atoms with Crippen LogP contribution in [0.1, 0.15) is 27.2 Å². The Morgan fingerprint density at radius 3 is 2.46 bits per heavy atom. The lowest BCUT2D eigenvalue weighted by molar-refractivity contribution is 0.237. The van der Waals surface area contributed by atoms with Gasteiger partial charge < -0.3 is 25.0 Å². The number of guanidine groups is 1. The van der Waals surface area contributed by atoms with E-state index in [0.717, 1.165) is 62.3 Å². The van der Waals surface area contributed by atoms with Crippen molar-refractivity contribution in [3.05, 3.63) is 18.2 Å². The molecule has 0 saturated carbocycles. The molecular formula is C21H37N5O2. The van der Waals surface area contributed by atoms with Gasteiger partial charge in [-0.2, -0.15) is 0 Å². The predicted molar refractivity (Wildman–Crippen MR) is 117 cm³/mol. The fraction of sp³-hybridized carbons (Fsp3) is 0.667. The van der Waals surface area contributed by atoms with E-state index in [1.165, 1.54) is 0 Å². The Labute approximate surface area is 170 Å². The van der Waals surface area contributed by atoms with E-state index in [1.807, 2.05) is 13.1 Å². The Bertz CT molecular complexity index is 613. The molecule has 7 nitrogen and oxygen atoms in total. The van der Waals surface area contributed by atoms with Gasteiger partial charge in [-0.15, -0.1) is 0 Å². The summed E-state index contributed by atoms with van der Waals surface area (Å²) in [6, 6.07) is 6.94. The summed E-state index contributed by atoms with van der Waals surface area (Å²) in [5.41, 5.74) is 1.12. The second kappa shape index (κ2) is 11.0. The van der Waals surface area contributed by atoms with Crippen molar-refractivity contribution in [3.8, 4) is 11.5 Å². The molecule has 28 heavy (non-hydrogen) atoms. The lowest BCUT2D eigenvalue weighted by atomic mass is 10.2. The fourth-order valence-corrected chi connectivity index (χ4v) is 3.57. The topological polar surface area (TPSA) is 61.4 Å². The van der Waals surface area contributed by atoms with Crippen LogP contribution in [0.5, 0.6) is 11.5 Å². The Morgan fingerprint density at radius 1 is 1.25 bits per heavy atom. The molecule has 2 rings (SSSR count). The van der Waals surface area contributed by atoms with E-state index in [0.29, 0.717) is 12.1 Å². The number of ether oxygens (including phenoxy) is 2. The molecule has 1 aromatic carbocycles. The molecule has 1 atom stereocenters. The molecule has 0 bridgehead atoms. The number of benzene rings is 1.